The fraction of sp³-hybridized carbons (Fsp3) is 0. The summed E-state index contributed by atoms with van der Waals surface area (Å²) in [6.45, 7) is 0. The lowest BCUT2D eigenvalue weighted by molar-refractivity contribution is 0.884. The fourth-order valence-corrected chi connectivity index (χ4v) is 4.89. The summed E-state index contributed by atoms with van der Waals surface area (Å²) in [6.07, 6.45) is 3.84. The number of fused-ring (bicyclic) bond motifs is 3. The average Bonchev–Trinajstić information content (AvgIpc) is 3.48. The number of thiazole rings is 1. The van der Waals surface area contributed by atoms with Gasteiger partial charge in [-0.2, -0.15) is 5.10 Å². The first-order valence-electron chi connectivity index (χ1n) is 10.0. The molecule has 154 valence electrons. The molecule has 0 atom stereocenters. The van der Waals surface area contributed by atoms with Crippen molar-refractivity contribution in [2.24, 2.45) is 0 Å². The summed E-state index contributed by atoms with van der Waals surface area (Å²) < 4.78 is 4.12. The quantitative estimate of drug-likeness (QED) is 0.379. The molecule has 0 aliphatic carbocycles. The Kier molecular flexibility index (Phi) is 4.41. The van der Waals surface area contributed by atoms with Crippen molar-refractivity contribution in [3.63, 3.8) is 0 Å². The Labute approximate surface area is 191 Å². The Morgan fingerprint density at radius 1 is 0.906 bits per heavy atom. The summed E-state index contributed by atoms with van der Waals surface area (Å²) in [6, 6.07) is 25.1. The molecule has 0 aliphatic heterocycles. The molecule has 32 heavy (non-hydrogen) atoms. The summed E-state index contributed by atoms with van der Waals surface area (Å²) in [7, 11) is 0. The second-order valence-corrected chi connectivity index (χ2v) is 8.80. The predicted octanol–water partition coefficient (Wildman–Crippen LogP) is 4.96. The van der Waals surface area contributed by atoms with Gasteiger partial charge in [0.05, 0.1) is 21.3 Å². The van der Waals surface area contributed by atoms with Crippen LogP contribution in [0.2, 0.25) is 5.02 Å². The van der Waals surface area contributed by atoms with Crippen LogP contribution in [0.25, 0.3) is 39.0 Å². The van der Waals surface area contributed by atoms with Gasteiger partial charge in [-0.15, -0.1) is 0 Å². The zero-order valence-corrected chi connectivity index (χ0v) is 18.2. The Balaban J connectivity index is 1.58. The Morgan fingerprint density at radius 2 is 1.66 bits per heavy atom. The maximum absolute atomic E-state index is 13.2. The van der Waals surface area contributed by atoms with Gasteiger partial charge < -0.3 is 0 Å². The van der Waals surface area contributed by atoms with Crippen LogP contribution in [0.4, 0.5) is 0 Å². The van der Waals surface area contributed by atoms with E-state index in [1.807, 2.05) is 95.8 Å². The molecule has 3 aromatic carbocycles. The number of para-hydroxylation sites is 3. The molecule has 0 fully saturated rings. The van der Waals surface area contributed by atoms with E-state index < -0.39 is 0 Å². The highest BCUT2D eigenvalue weighted by Crippen LogP contribution is 2.26. The zero-order chi connectivity index (χ0) is 21.7. The van der Waals surface area contributed by atoms with Crippen LogP contribution in [-0.2, 0) is 0 Å². The molecule has 0 bridgehead atoms. The first kappa shape index (κ1) is 19.0. The van der Waals surface area contributed by atoms with Crippen LogP contribution in [0.3, 0.4) is 0 Å². The van der Waals surface area contributed by atoms with E-state index in [2.05, 4.69) is 4.98 Å². The number of benzene rings is 3. The van der Waals surface area contributed by atoms with Crippen LogP contribution < -0.4 is 10.1 Å². The van der Waals surface area contributed by atoms with Crippen LogP contribution in [0.1, 0.15) is 5.56 Å². The monoisotopic (exact) mass is 454 g/mol. The fourth-order valence-electron chi connectivity index (χ4n) is 3.79. The number of hydrogen-bond acceptors (Lipinski definition) is 4. The van der Waals surface area contributed by atoms with Crippen molar-refractivity contribution in [3.8, 4) is 16.9 Å². The van der Waals surface area contributed by atoms with Crippen LogP contribution in [-0.4, -0.2) is 19.2 Å². The molecular formula is C25H15ClN4OS. The van der Waals surface area contributed by atoms with Crippen LogP contribution in [0.5, 0.6) is 0 Å². The highest BCUT2D eigenvalue weighted by molar-refractivity contribution is 7.15. The molecule has 0 aliphatic rings. The average molecular weight is 455 g/mol. The minimum atomic E-state index is -0.0757. The number of hydrogen-bond donors (Lipinski definition) is 0. The molecule has 6 aromatic rings. The predicted molar refractivity (Wildman–Crippen MR) is 130 cm³/mol. The van der Waals surface area contributed by atoms with Gasteiger partial charge in [0.1, 0.15) is 5.69 Å². The molecule has 0 unspecified atom stereocenters. The summed E-state index contributed by atoms with van der Waals surface area (Å²) in [5, 5.41) is 5.48. The number of nitrogens with zero attached hydrogens (tertiary/aromatic N) is 4. The number of imidazole rings is 1. The largest absolute Gasteiger partial charge is 0.274 e. The van der Waals surface area contributed by atoms with Crippen molar-refractivity contribution in [3.05, 3.63) is 111 Å². The van der Waals surface area contributed by atoms with Gasteiger partial charge in [-0.1, -0.05) is 65.4 Å². The van der Waals surface area contributed by atoms with Crippen molar-refractivity contribution in [2.45, 2.75) is 0 Å². The SMILES string of the molecule is O=c1/c(=C/c2cn(-c3ccccc3)nc2-c2ccc(Cl)cc2)sc2nc3ccccc3n12. The maximum atomic E-state index is 13.2. The van der Waals surface area contributed by atoms with E-state index >= 15 is 0 Å². The van der Waals surface area contributed by atoms with Crippen molar-refractivity contribution < 1.29 is 0 Å². The third kappa shape index (κ3) is 3.12. The summed E-state index contributed by atoms with van der Waals surface area (Å²) >= 11 is 7.47. The Hall–Kier alpha value is -3.74. The van der Waals surface area contributed by atoms with Gasteiger partial charge in [0, 0.05) is 22.3 Å². The van der Waals surface area contributed by atoms with E-state index in [9.17, 15) is 4.79 Å². The topological polar surface area (TPSA) is 52.2 Å². The first-order valence-corrected chi connectivity index (χ1v) is 11.2. The summed E-state index contributed by atoms with van der Waals surface area (Å²) in [4.78, 5) is 18.5. The lowest BCUT2D eigenvalue weighted by atomic mass is 10.1. The molecule has 0 radical (unpaired) electrons. The summed E-state index contributed by atoms with van der Waals surface area (Å²) in [5.41, 5.74) is 5.06. The van der Waals surface area contributed by atoms with Gasteiger partial charge in [0.15, 0.2) is 4.96 Å². The number of aromatic nitrogens is 4. The normalized spacial score (nSPS) is 12.2. The van der Waals surface area contributed by atoms with E-state index in [4.69, 9.17) is 16.7 Å². The van der Waals surface area contributed by atoms with E-state index in [-0.39, 0.29) is 5.56 Å². The number of halogens is 1. The molecule has 0 spiro atoms. The third-order valence-electron chi connectivity index (χ3n) is 5.31. The lowest BCUT2D eigenvalue weighted by Crippen LogP contribution is -2.22. The highest BCUT2D eigenvalue weighted by atomic mass is 35.5. The van der Waals surface area contributed by atoms with Gasteiger partial charge in [-0.3, -0.25) is 4.79 Å². The minimum Gasteiger partial charge on any atom is -0.267 e. The van der Waals surface area contributed by atoms with Crippen LogP contribution in [0, 0.1) is 0 Å². The molecule has 3 aromatic heterocycles. The first-order chi connectivity index (χ1) is 15.7. The Morgan fingerprint density at radius 3 is 2.47 bits per heavy atom. The van der Waals surface area contributed by atoms with E-state index in [1.165, 1.54) is 11.3 Å². The van der Waals surface area contributed by atoms with Gasteiger partial charge in [-0.25, -0.2) is 14.1 Å². The molecule has 7 heteroatoms. The molecular weight excluding hydrogens is 440 g/mol. The second-order valence-electron chi connectivity index (χ2n) is 7.35. The lowest BCUT2D eigenvalue weighted by Gasteiger charge is -2.00. The molecule has 0 N–H and O–H groups in total. The van der Waals surface area contributed by atoms with Crippen molar-refractivity contribution in [1.29, 1.82) is 0 Å². The van der Waals surface area contributed by atoms with Crippen molar-refractivity contribution >= 4 is 45.0 Å². The van der Waals surface area contributed by atoms with Gasteiger partial charge in [0.2, 0.25) is 0 Å². The van der Waals surface area contributed by atoms with Crippen LogP contribution >= 0.6 is 22.9 Å². The van der Waals surface area contributed by atoms with Crippen LogP contribution in [0.15, 0.2) is 89.9 Å². The van der Waals surface area contributed by atoms with E-state index in [0.717, 1.165) is 33.5 Å². The van der Waals surface area contributed by atoms with E-state index in [0.29, 0.717) is 14.5 Å². The maximum Gasteiger partial charge on any atom is 0.274 e. The number of rotatable bonds is 3. The van der Waals surface area contributed by atoms with Gasteiger partial charge in [-0.05, 0) is 42.5 Å². The minimum absolute atomic E-state index is 0.0757. The van der Waals surface area contributed by atoms with Crippen molar-refractivity contribution in [2.75, 3.05) is 0 Å². The van der Waals surface area contributed by atoms with Gasteiger partial charge >= 0.3 is 0 Å². The van der Waals surface area contributed by atoms with Crippen molar-refractivity contribution in [1.82, 2.24) is 19.2 Å². The summed E-state index contributed by atoms with van der Waals surface area (Å²) in [5.74, 6) is 0. The molecule has 0 saturated heterocycles. The molecule has 0 saturated carbocycles. The Bertz CT molecular complexity index is 1700. The van der Waals surface area contributed by atoms with E-state index in [1.54, 1.807) is 4.40 Å². The molecule has 3 heterocycles. The third-order valence-corrected chi connectivity index (χ3v) is 6.53. The standard InChI is InChI=1S/C25H15ClN4OS/c26-18-12-10-16(11-13-18)23-17(15-29(28-23)19-6-2-1-3-7-19)14-22-24(31)30-21-9-5-4-8-20(21)27-25(30)32-22/h1-15H/b22-14-. The van der Waals surface area contributed by atoms with Gasteiger partial charge in [0.25, 0.3) is 5.56 Å². The molecule has 0 amide bonds. The molecule has 5 nitrogen and oxygen atoms in total. The molecule has 6 rings (SSSR count). The smallest absolute Gasteiger partial charge is 0.267 e. The highest BCUT2D eigenvalue weighted by Gasteiger charge is 2.14. The second kappa shape index (κ2) is 7.44. The zero-order valence-electron chi connectivity index (χ0n) is 16.6.